The van der Waals surface area contributed by atoms with E-state index < -0.39 is 0 Å². The molecule has 0 saturated carbocycles. The Kier molecular flexibility index (Phi) is 4.51. The molecular formula is C20H20N6. The second-order valence-corrected chi connectivity index (χ2v) is 6.66. The van der Waals surface area contributed by atoms with Crippen LogP contribution in [-0.4, -0.2) is 51.6 Å². The third kappa shape index (κ3) is 3.12. The molecule has 2 aromatic rings. The van der Waals surface area contributed by atoms with Crippen LogP contribution in [-0.2, 0) is 0 Å². The Labute approximate surface area is 153 Å². The molecule has 0 bridgehead atoms. The average molecular weight is 344 g/mol. The van der Waals surface area contributed by atoms with Crippen LogP contribution in [0.1, 0.15) is 29.9 Å². The highest BCUT2D eigenvalue weighted by atomic mass is 15.3. The van der Waals surface area contributed by atoms with Gasteiger partial charge >= 0.3 is 0 Å². The van der Waals surface area contributed by atoms with Crippen LogP contribution in [0.15, 0.2) is 30.6 Å². The zero-order chi connectivity index (χ0) is 17.9. The van der Waals surface area contributed by atoms with Gasteiger partial charge in [0.25, 0.3) is 0 Å². The van der Waals surface area contributed by atoms with E-state index in [0.29, 0.717) is 17.6 Å². The monoisotopic (exact) mass is 344 g/mol. The van der Waals surface area contributed by atoms with Gasteiger partial charge in [-0.25, -0.2) is 15.0 Å². The van der Waals surface area contributed by atoms with E-state index in [0.717, 1.165) is 37.4 Å². The standard InChI is InChI=1S/C20H20N6/c1-15-4-2-5-16(24-15)7-8-19-18-6-3-11-25(18)12-13-26(19)20-17(14-21)22-9-10-23-20/h2,4-5,9-10,18-19H,3,6,11-13H2,1H3/t18-,19?/m0/s1. The average Bonchev–Trinajstić information content (AvgIpc) is 3.15. The minimum atomic E-state index is -0.0163. The van der Waals surface area contributed by atoms with Gasteiger partial charge in [-0.2, -0.15) is 5.26 Å². The van der Waals surface area contributed by atoms with Crippen molar-refractivity contribution < 1.29 is 0 Å². The fourth-order valence-electron chi connectivity index (χ4n) is 3.86. The Balaban J connectivity index is 1.72. The Hall–Kier alpha value is -2.96. The number of piperazine rings is 1. The number of hydrogen-bond donors (Lipinski definition) is 0. The summed E-state index contributed by atoms with van der Waals surface area (Å²) in [5.41, 5.74) is 2.10. The summed E-state index contributed by atoms with van der Waals surface area (Å²) in [6.07, 6.45) is 5.50. The second kappa shape index (κ2) is 7.11. The number of pyridine rings is 1. The van der Waals surface area contributed by atoms with Gasteiger partial charge < -0.3 is 4.90 Å². The van der Waals surface area contributed by atoms with Gasteiger partial charge in [0.2, 0.25) is 0 Å². The molecule has 0 N–H and O–H groups in total. The minimum absolute atomic E-state index is 0.0163. The molecule has 2 aliphatic heterocycles. The van der Waals surface area contributed by atoms with Crippen LogP contribution in [0.25, 0.3) is 0 Å². The van der Waals surface area contributed by atoms with Crippen molar-refractivity contribution in [1.82, 2.24) is 19.9 Å². The number of aryl methyl sites for hydroxylation is 1. The summed E-state index contributed by atoms with van der Waals surface area (Å²) in [4.78, 5) is 17.8. The van der Waals surface area contributed by atoms with Crippen LogP contribution in [0.5, 0.6) is 0 Å². The molecule has 6 heteroatoms. The molecule has 2 aliphatic rings. The van der Waals surface area contributed by atoms with Gasteiger partial charge in [-0.1, -0.05) is 12.0 Å². The minimum Gasteiger partial charge on any atom is -0.337 e. The molecule has 2 aromatic heterocycles. The van der Waals surface area contributed by atoms with Crippen LogP contribution in [0.4, 0.5) is 5.82 Å². The van der Waals surface area contributed by atoms with Crippen LogP contribution < -0.4 is 4.90 Å². The molecule has 2 saturated heterocycles. The van der Waals surface area contributed by atoms with Crippen molar-refractivity contribution in [3.63, 3.8) is 0 Å². The smallest absolute Gasteiger partial charge is 0.183 e. The highest BCUT2D eigenvalue weighted by molar-refractivity contribution is 5.53. The SMILES string of the molecule is Cc1cccc(C#CC2[C@@H]3CCCN3CCN2c2nccnc2C#N)n1. The molecule has 0 aromatic carbocycles. The number of fused-ring (bicyclic) bond motifs is 1. The Morgan fingerprint density at radius 3 is 2.88 bits per heavy atom. The molecule has 130 valence electrons. The molecule has 4 heterocycles. The molecule has 2 fully saturated rings. The van der Waals surface area contributed by atoms with E-state index in [9.17, 15) is 5.26 Å². The predicted molar refractivity (Wildman–Crippen MR) is 98.3 cm³/mol. The third-order valence-corrected chi connectivity index (χ3v) is 5.04. The topological polar surface area (TPSA) is 68.9 Å². The maximum Gasteiger partial charge on any atom is 0.183 e. The summed E-state index contributed by atoms with van der Waals surface area (Å²) < 4.78 is 0. The maximum atomic E-state index is 9.43. The first-order valence-corrected chi connectivity index (χ1v) is 8.93. The van der Waals surface area contributed by atoms with Crippen LogP contribution >= 0.6 is 0 Å². The lowest BCUT2D eigenvalue weighted by molar-refractivity contribution is 0.208. The van der Waals surface area contributed by atoms with Crippen molar-refractivity contribution in [3.05, 3.63) is 47.7 Å². The first-order valence-electron chi connectivity index (χ1n) is 8.93. The largest absolute Gasteiger partial charge is 0.337 e. The van der Waals surface area contributed by atoms with Gasteiger partial charge in [-0.3, -0.25) is 4.90 Å². The van der Waals surface area contributed by atoms with Crippen LogP contribution in [0.3, 0.4) is 0 Å². The molecule has 0 amide bonds. The van der Waals surface area contributed by atoms with Crippen molar-refractivity contribution in [1.29, 1.82) is 5.26 Å². The molecule has 0 radical (unpaired) electrons. The quantitative estimate of drug-likeness (QED) is 0.734. The number of rotatable bonds is 1. The predicted octanol–water partition coefficient (Wildman–Crippen LogP) is 1.76. The van der Waals surface area contributed by atoms with Crippen LogP contribution in [0, 0.1) is 30.1 Å². The van der Waals surface area contributed by atoms with Gasteiger partial charge in [-0.15, -0.1) is 0 Å². The van der Waals surface area contributed by atoms with Crippen molar-refractivity contribution >= 4 is 5.82 Å². The lowest BCUT2D eigenvalue weighted by Gasteiger charge is -2.43. The van der Waals surface area contributed by atoms with Gasteiger partial charge in [0.05, 0.1) is 0 Å². The van der Waals surface area contributed by atoms with Crippen LogP contribution in [0.2, 0.25) is 0 Å². The zero-order valence-corrected chi connectivity index (χ0v) is 14.8. The number of nitriles is 1. The van der Waals surface area contributed by atoms with Gasteiger partial charge in [0.1, 0.15) is 17.8 Å². The summed E-state index contributed by atoms with van der Waals surface area (Å²) in [7, 11) is 0. The number of hydrogen-bond acceptors (Lipinski definition) is 6. The van der Waals surface area contributed by atoms with E-state index in [4.69, 9.17) is 0 Å². The Morgan fingerprint density at radius 2 is 2.04 bits per heavy atom. The Bertz CT molecular complexity index is 906. The number of aromatic nitrogens is 3. The molecule has 26 heavy (non-hydrogen) atoms. The Morgan fingerprint density at radius 1 is 1.15 bits per heavy atom. The van der Waals surface area contributed by atoms with E-state index in [2.05, 4.69) is 42.7 Å². The summed E-state index contributed by atoms with van der Waals surface area (Å²) in [6.45, 7) is 4.85. The van der Waals surface area contributed by atoms with E-state index in [1.54, 1.807) is 12.4 Å². The summed E-state index contributed by atoms with van der Waals surface area (Å²) >= 11 is 0. The van der Waals surface area contributed by atoms with E-state index >= 15 is 0 Å². The van der Waals surface area contributed by atoms with Crippen molar-refractivity contribution in [2.75, 3.05) is 24.5 Å². The van der Waals surface area contributed by atoms with E-state index in [1.165, 1.54) is 6.42 Å². The summed E-state index contributed by atoms with van der Waals surface area (Å²) in [5.74, 6) is 7.31. The first-order chi connectivity index (χ1) is 12.8. The van der Waals surface area contributed by atoms with E-state index in [-0.39, 0.29) is 6.04 Å². The third-order valence-electron chi connectivity index (χ3n) is 5.04. The maximum absolute atomic E-state index is 9.43. The number of nitrogens with zero attached hydrogens (tertiary/aromatic N) is 6. The normalized spacial score (nSPS) is 22.2. The van der Waals surface area contributed by atoms with E-state index in [1.807, 2.05) is 25.1 Å². The molecule has 4 rings (SSSR count). The highest BCUT2D eigenvalue weighted by Crippen LogP contribution is 2.30. The summed E-state index contributed by atoms with van der Waals surface area (Å²) in [6, 6.07) is 8.38. The fraction of sp³-hybridized carbons (Fsp3) is 0.400. The molecular weight excluding hydrogens is 324 g/mol. The number of anilines is 1. The summed E-state index contributed by atoms with van der Waals surface area (Å²) in [5, 5.41) is 9.43. The lowest BCUT2D eigenvalue weighted by Crippen LogP contribution is -2.57. The van der Waals surface area contributed by atoms with Crippen molar-refractivity contribution in [2.24, 2.45) is 0 Å². The fourth-order valence-corrected chi connectivity index (χ4v) is 3.86. The first kappa shape index (κ1) is 16.5. The molecule has 0 aliphatic carbocycles. The second-order valence-electron chi connectivity index (χ2n) is 6.66. The molecule has 1 unspecified atom stereocenters. The molecule has 6 nitrogen and oxygen atoms in total. The van der Waals surface area contributed by atoms with Crippen molar-refractivity contribution in [3.8, 4) is 17.9 Å². The van der Waals surface area contributed by atoms with Gasteiger partial charge in [-0.05, 0) is 44.4 Å². The van der Waals surface area contributed by atoms with Crippen molar-refractivity contribution in [2.45, 2.75) is 31.8 Å². The molecule has 0 spiro atoms. The van der Waals surface area contributed by atoms with Gasteiger partial charge in [0.15, 0.2) is 11.5 Å². The molecule has 2 atom stereocenters. The zero-order valence-electron chi connectivity index (χ0n) is 14.8. The van der Waals surface area contributed by atoms with Gasteiger partial charge in [0, 0.05) is 37.2 Å². The highest BCUT2D eigenvalue weighted by Gasteiger charge is 2.39. The lowest BCUT2D eigenvalue weighted by atomic mass is 10.0.